The topological polar surface area (TPSA) is 110 Å². The van der Waals surface area contributed by atoms with E-state index in [0.717, 1.165) is 0 Å². The minimum atomic E-state index is -0.507. The quantitative estimate of drug-likeness (QED) is 0.562. The van der Waals surface area contributed by atoms with Crippen molar-refractivity contribution in [2.75, 3.05) is 6.54 Å². The Bertz CT molecular complexity index is 1240. The molecule has 0 aliphatic carbocycles. The van der Waals surface area contributed by atoms with Crippen LogP contribution in [0.2, 0.25) is 0 Å². The van der Waals surface area contributed by atoms with Gasteiger partial charge in [-0.2, -0.15) is 0 Å². The smallest absolute Gasteiger partial charge is 0.262 e. The molecule has 130 valence electrons. The van der Waals surface area contributed by atoms with Gasteiger partial charge in [0, 0.05) is 24.7 Å². The van der Waals surface area contributed by atoms with Crippen molar-refractivity contribution >= 4 is 38.5 Å². The summed E-state index contributed by atoms with van der Waals surface area (Å²) >= 11 is 1.40. The van der Waals surface area contributed by atoms with E-state index in [4.69, 9.17) is 0 Å². The second-order valence-corrected chi connectivity index (χ2v) is 6.49. The van der Waals surface area contributed by atoms with E-state index < -0.39 is 11.5 Å². The number of H-pyrrole nitrogens is 1. The van der Waals surface area contributed by atoms with Crippen molar-refractivity contribution in [3.05, 3.63) is 68.4 Å². The van der Waals surface area contributed by atoms with Crippen molar-refractivity contribution in [1.29, 1.82) is 0 Å². The van der Waals surface area contributed by atoms with Gasteiger partial charge in [0.15, 0.2) is 0 Å². The average Bonchev–Trinajstić information content (AvgIpc) is 3.12. The number of aromatic nitrogens is 4. The second kappa shape index (κ2) is 6.52. The van der Waals surface area contributed by atoms with Crippen molar-refractivity contribution in [3.63, 3.8) is 0 Å². The molecule has 0 unspecified atom stereocenters. The molecule has 8 nitrogen and oxygen atoms in total. The van der Waals surface area contributed by atoms with Crippen molar-refractivity contribution in [2.45, 2.75) is 6.54 Å². The van der Waals surface area contributed by atoms with E-state index in [1.54, 1.807) is 24.4 Å². The third-order valence-electron chi connectivity index (χ3n) is 3.95. The van der Waals surface area contributed by atoms with Crippen molar-refractivity contribution in [1.82, 2.24) is 24.8 Å². The Morgan fingerprint density at radius 3 is 3.04 bits per heavy atom. The van der Waals surface area contributed by atoms with Crippen LogP contribution in [0, 0.1) is 0 Å². The highest BCUT2D eigenvalue weighted by atomic mass is 32.1. The van der Waals surface area contributed by atoms with Crippen LogP contribution in [0.15, 0.2) is 51.8 Å². The predicted molar refractivity (Wildman–Crippen MR) is 98.6 cm³/mol. The third-order valence-corrected chi connectivity index (χ3v) is 4.77. The number of amides is 1. The lowest BCUT2D eigenvalue weighted by atomic mass is 10.2. The van der Waals surface area contributed by atoms with Gasteiger partial charge in [-0.25, -0.2) is 9.97 Å². The third kappa shape index (κ3) is 2.88. The molecule has 0 fully saturated rings. The lowest BCUT2D eigenvalue weighted by molar-refractivity contribution is 0.0951. The number of fused-ring (bicyclic) bond motifs is 2. The zero-order valence-corrected chi connectivity index (χ0v) is 14.2. The number of nitrogens with zero attached hydrogens (tertiary/aromatic N) is 3. The van der Waals surface area contributed by atoms with Gasteiger partial charge in [0.2, 0.25) is 0 Å². The molecule has 4 heterocycles. The number of carbonyl (C=O) groups excluding carboxylic acids is 1. The summed E-state index contributed by atoms with van der Waals surface area (Å²) in [4.78, 5) is 48.2. The van der Waals surface area contributed by atoms with Gasteiger partial charge in [-0.05, 0) is 29.6 Å². The van der Waals surface area contributed by atoms with Gasteiger partial charge < -0.3 is 10.3 Å². The van der Waals surface area contributed by atoms with Gasteiger partial charge in [-0.15, -0.1) is 11.3 Å². The maximum atomic E-state index is 12.3. The Morgan fingerprint density at radius 1 is 1.27 bits per heavy atom. The first-order valence-electron chi connectivity index (χ1n) is 7.82. The molecule has 9 heteroatoms. The van der Waals surface area contributed by atoms with Crippen LogP contribution in [-0.4, -0.2) is 32.0 Å². The summed E-state index contributed by atoms with van der Waals surface area (Å²) in [5, 5.41) is 5.69. The lowest BCUT2D eigenvalue weighted by Gasteiger charge is -2.07. The predicted octanol–water partition coefficient (Wildman–Crippen LogP) is 1.12. The molecule has 1 amide bonds. The van der Waals surface area contributed by atoms with Crippen LogP contribution in [0.3, 0.4) is 0 Å². The first-order valence-corrected chi connectivity index (χ1v) is 8.70. The summed E-state index contributed by atoms with van der Waals surface area (Å²) in [6.07, 6.45) is 3.02. The monoisotopic (exact) mass is 367 g/mol. The van der Waals surface area contributed by atoms with E-state index in [1.165, 1.54) is 28.3 Å². The first-order chi connectivity index (χ1) is 12.6. The normalized spacial score (nSPS) is 11.1. The highest BCUT2D eigenvalue weighted by Gasteiger charge is 2.12. The van der Waals surface area contributed by atoms with E-state index in [-0.39, 0.29) is 24.2 Å². The fraction of sp³-hybridized carbons (Fsp3) is 0.118. The van der Waals surface area contributed by atoms with Crippen LogP contribution in [0.1, 0.15) is 10.4 Å². The molecular weight excluding hydrogens is 354 g/mol. The minimum absolute atomic E-state index is 0.00394. The van der Waals surface area contributed by atoms with Crippen LogP contribution in [0.5, 0.6) is 0 Å². The number of pyridine rings is 2. The van der Waals surface area contributed by atoms with Gasteiger partial charge in [0.1, 0.15) is 16.0 Å². The van der Waals surface area contributed by atoms with E-state index in [9.17, 15) is 14.4 Å². The van der Waals surface area contributed by atoms with E-state index in [1.807, 2.05) is 5.38 Å². The molecule has 0 atom stereocenters. The number of rotatable bonds is 4. The summed E-state index contributed by atoms with van der Waals surface area (Å²) in [7, 11) is 0. The highest BCUT2D eigenvalue weighted by molar-refractivity contribution is 7.16. The molecule has 2 N–H and O–H groups in total. The molecule has 0 aliphatic rings. The van der Waals surface area contributed by atoms with Crippen LogP contribution in [-0.2, 0) is 6.54 Å². The van der Waals surface area contributed by atoms with E-state index in [0.29, 0.717) is 21.3 Å². The van der Waals surface area contributed by atoms with Crippen molar-refractivity contribution < 1.29 is 4.79 Å². The summed E-state index contributed by atoms with van der Waals surface area (Å²) < 4.78 is 1.43. The maximum absolute atomic E-state index is 12.3. The summed E-state index contributed by atoms with van der Waals surface area (Å²) in [6, 6.07) is 6.72. The number of nitrogens with one attached hydrogen (secondary N) is 2. The molecule has 0 saturated heterocycles. The van der Waals surface area contributed by atoms with Gasteiger partial charge in [0.25, 0.3) is 17.0 Å². The molecule has 0 spiro atoms. The average molecular weight is 367 g/mol. The van der Waals surface area contributed by atoms with Crippen LogP contribution in [0.4, 0.5) is 0 Å². The molecule has 0 bridgehead atoms. The fourth-order valence-corrected chi connectivity index (χ4v) is 3.36. The molecule has 0 saturated carbocycles. The highest BCUT2D eigenvalue weighted by Crippen LogP contribution is 2.13. The number of carbonyl (C=O) groups is 1. The number of thiophene rings is 1. The molecule has 0 radical (unpaired) electrons. The molecule has 4 rings (SSSR count). The van der Waals surface area contributed by atoms with Crippen LogP contribution in [0.25, 0.3) is 21.3 Å². The minimum Gasteiger partial charge on any atom is -0.350 e. The Labute approximate surface area is 150 Å². The van der Waals surface area contributed by atoms with Gasteiger partial charge in [-0.1, -0.05) is 0 Å². The second-order valence-electron chi connectivity index (χ2n) is 5.59. The van der Waals surface area contributed by atoms with Crippen LogP contribution >= 0.6 is 11.3 Å². The number of hydrogen-bond acceptors (Lipinski definition) is 6. The largest absolute Gasteiger partial charge is 0.350 e. The van der Waals surface area contributed by atoms with Gasteiger partial charge in [0.05, 0.1) is 11.7 Å². The van der Waals surface area contributed by atoms with E-state index in [2.05, 4.69) is 20.3 Å². The fourth-order valence-electron chi connectivity index (χ4n) is 2.64. The van der Waals surface area contributed by atoms with Crippen molar-refractivity contribution in [2.24, 2.45) is 0 Å². The SMILES string of the molecule is O=C(NCCn1cnc2sccc2c1=O)c1cc2cccnc2[nH]c1=O. The molecule has 0 aromatic carbocycles. The number of hydrogen-bond donors (Lipinski definition) is 2. The molecular formula is C17H13N5O3S. The molecule has 4 aromatic rings. The Morgan fingerprint density at radius 2 is 2.15 bits per heavy atom. The zero-order valence-electron chi connectivity index (χ0n) is 13.4. The van der Waals surface area contributed by atoms with Crippen molar-refractivity contribution in [3.8, 4) is 0 Å². The molecule has 4 aromatic heterocycles. The Kier molecular flexibility index (Phi) is 4.05. The summed E-state index contributed by atoms with van der Waals surface area (Å²) in [6.45, 7) is 0.455. The summed E-state index contributed by atoms with van der Waals surface area (Å²) in [5.74, 6) is -0.505. The molecule has 26 heavy (non-hydrogen) atoms. The van der Waals surface area contributed by atoms with Crippen LogP contribution < -0.4 is 16.4 Å². The standard InChI is InChI=1S/C17H13N5O3S/c23-14(12-8-10-2-1-4-18-13(10)21-15(12)24)19-5-6-22-9-20-16-11(17(22)25)3-7-26-16/h1-4,7-9H,5-6H2,(H,19,23)(H,18,21,24). The molecule has 0 aliphatic heterocycles. The lowest BCUT2D eigenvalue weighted by Crippen LogP contribution is -2.33. The first kappa shape index (κ1) is 16.2. The summed E-state index contributed by atoms with van der Waals surface area (Å²) in [5.41, 5.74) is -0.229. The maximum Gasteiger partial charge on any atom is 0.262 e. The Hall–Kier alpha value is -3.33. The Balaban J connectivity index is 1.50. The van der Waals surface area contributed by atoms with E-state index >= 15 is 0 Å². The zero-order chi connectivity index (χ0) is 18.1. The van der Waals surface area contributed by atoms with Gasteiger partial charge in [-0.3, -0.25) is 19.0 Å². The van der Waals surface area contributed by atoms with Gasteiger partial charge >= 0.3 is 0 Å². The number of aromatic amines is 1.